The molecule has 0 saturated heterocycles. The lowest BCUT2D eigenvalue weighted by molar-refractivity contribution is 0.0730. The molecule has 1 amide bonds. The summed E-state index contributed by atoms with van der Waals surface area (Å²) in [5, 5.41) is 4.25. The predicted molar refractivity (Wildman–Crippen MR) is 140 cm³/mol. The van der Waals surface area contributed by atoms with Gasteiger partial charge in [-0.3, -0.25) is 14.2 Å². The number of carbonyl (C=O) groups excluding carboxylic acids is 1. The second kappa shape index (κ2) is 11.5. The molecule has 1 atom stereocenters. The number of nitrogens with two attached hydrogens (primary N) is 1. The third-order valence-electron chi connectivity index (χ3n) is 6.38. The Balaban J connectivity index is 1.62. The molecule has 8 nitrogen and oxygen atoms in total. The number of aromatic nitrogens is 3. The van der Waals surface area contributed by atoms with Gasteiger partial charge in [0.05, 0.1) is 12.2 Å². The molecule has 1 unspecified atom stereocenters. The number of halogens is 1. The molecule has 0 radical (unpaired) electrons. The fourth-order valence-corrected chi connectivity index (χ4v) is 4.39. The van der Waals surface area contributed by atoms with Crippen molar-refractivity contribution in [2.75, 3.05) is 19.6 Å². The quantitative estimate of drug-likeness (QED) is 0.351. The highest BCUT2D eigenvalue weighted by atomic mass is 19.1. The molecule has 0 spiro atoms. The van der Waals surface area contributed by atoms with E-state index in [0.717, 1.165) is 11.1 Å². The maximum atomic E-state index is 13.5. The number of rotatable bonds is 10. The van der Waals surface area contributed by atoms with Crippen LogP contribution < -0.4 is 11.3 Å². The van der Waals surface area contributed by atoms with Crippen LogP contribution in [-0.2, 0) is 13.0 Å². The van der Waals surface area contributed by atoms with Crippen LogP contribution in [0.5, 0.6) is 0 Å². The second-order valence-corrected chi connectivity index (χ2v) is 9.56. The Labute approximate surface area is 214 Å². The Morgan fingerprint density at radius 3 is 2.51 bits per heavy atom. The first-order valence-corrected chi connectivity index (χ1v) is 12.4. The van der Waals surface area contributed by atoms with Crippen LogP contribution in [0.25, 0.3) is 11.1 Å². The zero-order chi connectivity index (χ0) is 26.5. The van der Waals surface area contributed by atoms with Crippen LogP contribution in [0.3, 0.4) is 0 Å². The van der Waals surface area contributed by atoms with Gasteiger partial charge in [-0.1, -0.05) is 41.9 Å². The van der Waals surface area contributed by atoms with E-state index in [4.69, 9.17) is 10.3 Å². The lowest BCUT2D eigenvalue weighted by Crippen LogP contribution is -2.37. The van der Waals surface area contributed by atoms with E-state index in [2.05, 4.69) is 10.1 Å². The van der Waals surface area contributed by atoms with Crippen molar-refractivity contribution in [3.63, 3.8) is 0 Å². The molecule has 0 saturated carbocycles. The Kier molecular flexibility index (Phi) is 8.13. The number of benzene rings is 2. The smallest absolute Gasteiger partial charge is 0.267 e. The van der Waals surface area contributed by atoms with Gasteiger partial charge >= 0.3 is 0 Å². The van der Waals surface area contributed by atoms with Crippen LogP contribution in [0.15, 0.2) is 57.8 Å². The van der Waals surface area contributed by atoms with Crippen molar-refractivity contribution in [1.82, 2.24) is 19.6 Å². The molecule has 0 aliphatic carbocycles. The molecule has 4 aromatic rings. The van der Waals surface area contributed by atoms with Gasteiger partial charge in [0.1, 0.15) is 17.0 Å². The largest absolute Gasteiger partial charge is 0.338 e. The number of hydrogen-bond acceptors (Lipinski definition) is 6. The summed E-state index contributed by atoms with van der Waals surface area (Å²) >= 11 is 0. The Bertz CT molecular complexity index is 1430. The van der Waals surface area contributed by atoms with Gasteiger partial charge in [0.2, 0.25) is 0 Å². The normalized spacial score (nSPS) is 12.1. The van der Waals surface area contributed by atoms with E-state index in [1.54, 1.807) is 23.6 Å². The number of hydrogen-bond donors (Lipinski definition) is 1. The van der Waals surface area contributed by atoms with Gasteiger partial charge in [-0.05, 0) is 62.6 Å². The molecule has 194 valence electrons. The van der Waals surface area contributed by atoms with E-state index in [0.29, 0.717) is 54.9 Å². The minimum Gasteiger partial charge on any atom is -0.338 e. The van der Waals surface area contributed by atoms with Gasteiger partial charge in [-0.25, -0.2) is 4.39 Å². The van der Waals surface area contributed by atoms with E-state index in [-0.39, 0.29) is 35.5 Å². The van der Waals surface area contributed by atoms with Crippen molar-refractivity contribution < 1.29 is 13.7 Å². The minimum absolute atomic E-state index is 0.0278. The van der Waals surface area contributed by atoms with E-state index in [9.17, 15) is 14.0 Å². The third-order valence-corrected chi connectivity index (χ3v) is 6.38. The van der Waals surface area contributed by atoms with E-state index >= 15 is 0 Å². The molecular weight excluding hydrogens is 473 g/mol. The van der Waals surface area contributed by atoms with E-state index < -0.39 is 0 Å². The summed E-state index contributed by atoms with van der Waals surface area (Å²) in [5.74, 6) is 0.0922. The summed E-state index contributed by atoms with van der Waals surface area (Å²) in [6, 6.07) is 13.5. The van der Waals surface area contributed by atoms with Gasteiger partial charge in [-0.15, -0.1) is 0 Å². The monoisotopic (exact) mass is 505 g/mol. The summed E-state index contributed by atoms with van der Waals surface area (Å²) in [4.78, 5) is 33.2. The standard InChI is InChI=1S/C28H32FN5O3/c1-18-5-9-22(10-6-18)27(35)33(14-4-13-30)16-19(2)15-24-31-26-25(20(3)32-37-26)28(36)34(24)17-21-7-11-23(29)12-8-21/h5-12,19H,4,13-17,30H2,1-3H3. The van der Waals surface area contributed by atoms with Crippen LogP contribution in [0.1, 0.15) is 46.3 Å². The van der Waals surface area contributed by atoms with Crippen LogP contribution in [0.4, 0.5) is 4.39 Å². The zero-order valence-corrected chi connectivity index (χ0v) is 21.4. The Hall–Kier alpha value is -3.85. The molecule has 0 aliphatic heterocycles. The third kappa shape index (κ3) is 6.11. The van der Waals surface area contributed by atoms with Crippen molar-refractivity contribution in [3.8, 4) is 0 Å². The molecule has 0 fully saturated rings. The van der Waals surface area contributed by atoms with Gasteiger partial charge in [-0.2, -0.15) is 4.98 Å². The number of fused-ring (bicyclic) bond motifs is 1. The minimum atomic E-state index is -0.343. The van der Waals surface area contributed by atoms with Crippen molar-refractivity contribution in [2.45, 2.75) is 40.2 Å². The van der Waals surface area contributed by atoms with Gasteiger partial charge in [0, 0.05) is 25.1 Å². The Morgan fingerprint density at radius 2 is 1.84 bits per heavy atom. The molecule has 37 heavy (non-hydrogen) atoms. The zero-order valence-electron chi connectivity index (χ0n) is 21.4. The highest BCUT2D eigenvalue weighted by Gasteiger charge is 2.22. The van der Waals surface area contributed by atoms with E-state index in [1.807, 2.05) is 43.0 Å². The molecule has 2 aromatic heterocycles. The van der Waals surface area contributed by atoms with Crippen LogP contribution in [0.2, 0.25) is 0 Å². The summed E-state index contributed by atoms with van der Waals surface area (Å²) < 4.78 is 20.3. The lowest BCUT2D eigenvalue weighted by Gasteiger charge is -2.26. The first kappa shape index (κ1) is 26.2. The van der Waals surface area contributed by atoms with Crippen molar-refractivity contribution in [3.05, 3.63) is 92.9 Å². The fraction of sp³-hybridized carbons (Fsp3) is 0.357. The van der Waals surface area contributed by atoms with Crippen LogP contribution in [0, 0.1) is 25.6 Å². The number of carbonyl (C=O) groups is 1. The lowest BCUT2D eigenvalue weighted by atomic mass is 10.0. The molecule has 2 N–H and O–H groups in total. The number of amides is 1. The maximum absolute atomic E-state index is 13.5. The molecule has 9 heteroatoms. The molecule has 2 heterocycles. The van der Waals surface area contributed by atoms with Crippen molar-refractivity contribution >= 4 is 17.0 Å². The summed E-state index contributed by atoms with van der Waals surface area (Å²) in [7, 11) is 0. The highest BCUT2D eigenvalue weighted by molar-refractivity contribution is 5.94. The highest BCUT2D eigenvalue weighted by Crippen LogP contribution is 2.18. The molecule has 0 bridgehead atoms. The van der Waals surface area contributed by atoms with Gasteiger partial charge in [0.25, 0.3) is 17.2 Å². The first-order valence-electron chi connectivity index (χ1n) is 12.4. The number of nitrogens with zero attached hydrogens (tertiary/aromatic N) is 4. The Morgan fingerprint density at radius 1 is 1.14 bits per heavy atom. The number of aryl methyl sites for hydroxylation is 2. The van der Waals surface area contributed by atoms with E-state index in [1.165, 1.54) is 12.1 Å². The SMILES string of the molecule is Cc1ccc(C(=O)N(CCCN)CC(C)Cc2nc3onc(C)c3c(=O)n2Cc2ccc(F)cc2)cc1. The molecular formula is C28H32FN5O3. The molecule has 4 rings (SSSR count). The summed E-state index contributed by atoms with van der Waals surface area (Å²) in [5.41, 5.74) is 8.62. The molecule has 2 aromatic carbocycles. The average Bonchev–Trinajstić information content (AvgIpc) is 3.25. The fourth-order valence-electron chi connectivity index (χ4n) is 4.39. The van der Waals surface area contributed by atoms with Crippen LogP contribution >= 0.6 is 0 Å². The average molecular weight is 506 g/mol. The van der Waals surface area contributed by atoms with Crippen molar-refractivity contribution in [2.24, 2.45) is 11.7 Å². The topological polar surface area (TPSA) is 107 Å². The maximum Gasteiger partial charge on any atom is 0.267 e. The van der Waals surface area contributed by atoms with Gasteiger partial charge < -0.3 is 15.2 Å². The van der Waals surface area contributed by atoms with Gasteiger partial charge in [0.15, 0.2) is 0 Å². The van der Waals surface area contributed by atoms with Crippen LogP contribution in [-0.4, -0.2) is 45.1 Å². The first-order chi connectivity index (χ1) is 17.8. The predicted octanol–water partition coefficient (Wildman–Crippen LogP) is 3.86. The summed E-state index contributed by atoms with van der Waals surface area (Å²) in [6.07, 6.45) is 1.10. The van der Waals surface area contributed by atoms with Crippen molar-refractivity contribution in [1.29, 1.82) is 0 Å². The molecule has 0 aliphatic rings. The second-order valence-electron chi connectivity index (χ2n) is 9.56. The summed E-state index contributed by atoms with van der Waals surface area (Å²) in [6.45, 7) is 7.40.